The number of aromatic nitrogens is 3. The maximum absolute atomic E-state index is 13.4. The predicted octanol–water partition coefficient (Wildman–Crippen LogP) is 3.40. The molecular formula is C23H22FN5O2. The van der Waals surface area contributed by atoms with Crippen molar-refractivity contribution in [2.24, 2.45) is 5.92 Å². The second-order valence-electron chi connectivity index (χ2n) is 8.15. The number of carbonyl (C=O) groups excluding carboxylic acids is 2. The van der Waals surface area contributed by atoms with E-state index in [4.69, 9.17) is 0 Å². The highest BCUT2D eigenvalue weighted by Crippen LogP contribution is 2.36. The molecule has 3 aromatic heterocycles. The first kappa shape index (κ1) is 19.4. The molecule has 4 heterocycles. The fourth-order valence-corrected chi connectivity index (χ4v) is 4.25. The number of halogens is 1. The molecule has 0 bridgehead atoms. The second kappa shape index (κ2) is 7.61. The number of nitrogens with one attached hydrogen (secondary N) is 1. The molecule has 1 fully saturated rings. The molecule has 31 heavy (non-hydrogen) atoms. The van der Waals surface area contributed by atoms with Crippen LogP contribution in [0.3, 0.4) is 0 Å². The summed E-state index contributed by atoms with van der Waals surface area (Å²) in [6.07, 6.45) is 8.02. The molecule has 0 radical (unpaired) electrons. The molecule has 0 aromatic carbocycles. The molecule has 1 N–H and O–H groups in total. The molecule has 7 nitrogen and oxygen atoms in total. The monoisotopic (exact) mass is 419 g/mol. The van der Waals surface area contributed by atoms with Gasteiger partial charge in [0.25, 0.3) is 5.91 Å². The SMILES string of the molecule is CC1CN(C(=O)c2ccnc(F)c2)CC=C1c1cc(N(C=O)C2CC2)nc2[nH]ccc12. The maximum atomic E-state index is 13.4. The standard InChI is InChI=1S/C23H22FN5O2/c1-14-12-28(23(31)15-4-7-25-20(24)10-15)9-6-17(14)19-11-21(29(13-30)16-2-3-16)27-22-18(19)5-8-26-22/h4-8,10-11,13-14,16H,2-3,9,12H2,1H3,(H,26,27). The fraction of sp³-hybridized carbons (Fsp3) is 0.304. The van der Waals surface area contributed by atoms with Crippen molar-refractivity contribution in [2.45, 2.75) is 25.8 Å². The number of amides is 2. The van der Waals surface area contributed by atoms with Crippen molar-refractivity contribution in [1.82, 2.24) is 19.9 Å². The van der Waals surface area contributed by atoms with E-state index in [9.17, 15) is 14.0 Å². The highest BCUT2D eigenvalue weighted by Gasteiger charge is 2.31. The lowest BCUT2D eigenvalue weighted by atomic mass is 9.89. The molecule has 1 saturated carbocycles. The lowest BCUT2D eigenvalue weighted by molar-refractivity contribution is -0.107. The molecule has 5 rings (SSSR count). The Bertz CT molecular complexity index is 1200. The van der Waals surface area contributed by atoms with Crippen LogP contribution in [0.4, 0.5) is 10.2 Å². The zero-order valence-electron chi connectivity index (χ0n) is 17.1. The van der Waals surface area contributed by atoms with Crippen LogP contribution in [0.5, 0.6) is 0 Å². The van der Waals surface area contributed by atoms with Gasteiger partial charge in [-0.05, 0) is 48.1 Å². The van der Waals surface area contributed by atoms with Crippen LogP contribution in [-0.2, 0) is 4.79 Å². The van der Waals surface area contributed by atoms with Crippen LogP contribution >= 0.6 is 0 Å². The number of fused-ring (bicyclic) bond motifs is 1. The highest BCUT2D eigenvalue weighted by molar-refractivity contribution is 5.96. The molecule has 2 aliphatic rings. The first-order valence-corrected chi connectivity index (χ1v) is 10.4. The van der Waals surface area contributed by atoms with E-state index < -0.39 is 5.95 Å². The minimum Gasteiger partial charge on any atom is -0.346 e. The Morgan fingerprint density at radius 1 is 1.32 bits per heavy atom. The number of carbonyl (C=O) groups is 2. The van der Waals surface area contributed by atoms with E-state index in [-0.39, 0.29) is 17.9 Å². The van der Waals surface area contributed by atoms with Crippen LogP contribution in [0, 0.1) is 11.9 Å². The highest BCUT2D eigenvalue weighted by atomic mass is 19.1. The van der Waals surface area contributed by atoms with E-state index >= 15 is 0 Å². The van der Waals surface area contributed by atoms with Crippen LogP contribution in [0.1, 0.15) is 35.7 Å². The minimum absolute atomic E-state index is 0.0586. The third kappa shape index (κ3) is 3.58. The smallest absolute Gasteiger partial charge is 0.254 e. The molecule has 158 valence electrons. The Morgan fingerprint density at radius 2 is 2.16 bits per heavy atom. The number of nitrogens with zero attached hydrogens (tertiary/aromatic N) is 4. The number of pyridine rings is 2. The van der Waals surface area contributed by atoms with E-state index in [1.165, 1.54) is 12.3 Å². The van der Waals surface area contributed by atoms with E-state index in [1.54, 1.807) is 9.80 Å². The summed E-state index contributed by atoms with van der Waals surface area (Å²) in [4.78, 5) is 39.2. The Morgan fingerprint density at radius 3 is 2.87 bits per heavy atom. The largest absolute Gasteiger partial charge is 0.346 e. The Kier molecular flexibility index (Phi) is 4.77. The fourth-order valence-electron chi connectivity index (χ4n) is 4.25. The first-order valence-electron chi connectivity index (χ1n) is 10.4. The van der Waals surface area contributed by atoms with Crippen molar-refractivity contribution in [3.8, 4) is 0 Å². The van der Waals surface area contributed by atoms with E-state index in [2.05, 4.69) is 21.9 Å². The number of hydrogen-bond donors (Lipinski definition) is 1. The van der Waals surface area contributed by atoms with Gasteiger partial charge >= 0.3 is 0 Å². The summed E-state index contributed by atoms with van der Waals surface area (Å²) in [5, 5.41) is 0.986. The lowest BCUT2D eigenvalue weighted by Crippen LogP contribution is -2.38. The van der Waals surface area contributed by atoms with Crippen LogP contribution in [-0.4, -0.2) is 51.3 Å². The van der Waals surface area contributed by atoms with Crippen LogP contribution in [0.15, 0.2) is 42.7 Å². The third-order valence-electron chi connectivity index (χ3n) is 5.96. The Balaban J connectivity index is 1.48. The molecule has 3 aromatic rings. The molecule has 1 aliphatic carbocycles. The third-order valence-corrected chi connectivity index (χ3v) is 5.96. The van der Waals surface area contributed by atoms with Crippen molar-refractivity contribution >= 4 is 34.7 Å². The maximum Gasteiger partial charge on any atom is 0.254 e. The second-order valence-corrected chi connectivity index (χ2v) is 8.15. The zero-order chi connectivity index (χ0) is 21.5. The summed E-state index contributed by atoms with van der Waals surface area (Å²) < 4.78 is 13.4. The number of H-pyrrole nitrogens is 1. The molecule has 2 amide bonds. The summed E-state index contributed by atoms with van der Waals surface area (Å²) in [5.74, 6) is -0.183. The van der Waals surface area contributed by atoms with Gasteiger partial charge in [-0.3, -0.25) is 14.5 Å². The minimum atomic E-state index is -0.665. The Labute approximate surface area is 178 Å². The van der Waals surface area contributed by atoms with Gasteiger partial charge in [-0.2, -0.15) is 4.39 Å². The summed E-state index contributed by atoms with van der Waals surface area (Å²) >= 11 is 0. The topological polar surface area (TPSA) is 82.2 Å². The van der Waals surface area contributed by atoms with E-state index in [0.29, 0.717) is 24.5 Å². The molecule has 0 saturated heterocycles. The molecule has 1 unspecified atom stereocenters. The average Bonchev–Trinajstić information content (AvgIpc) is 3.49. The van der Waals surface area contributed by atoms with Gasteiger partial charge < -0.3 is 9.88 Å². The lowest BCUT2D eigenvalue weighted by Gasteiger charge is -2.32. The summed E-state index contributed by atoms with van der Waals surface area (Å²) in [6.45, 7) is 3.00. The van der Waals surface area contributed by atoms with Gasteiger partial charge in [0.1, 0.15) is 11.5 Å². The predicted molar refractivity (Wildman–Crippen MR) is 115 cm³/mol. The van der Waals surface area contributed by atoms with Gasteiger partial charge in [-0.1, -0.05) is 13.0 Å². The molecule has 0 spiro atoms. The molecular weight excluding hydrogens is 397 g/mol. The van der Waals surface area contributed by atoms with Crippen molar-refractivity contribution in [3.05, 3.63) is 59.8 Å². The van der Waals surface area contributed by atoms with Crippen LogP contribution in [0.25, 0.3) is 16.6 Å². The summed E-state index contributed by atoms with van der Waals surface area (Å²) in [6, 6.07) is 6.86. The zero-order valence-corrected chi connectivity index (χ0v) is 17.1. The van der Waals surface area contributed by atoms with Crippen molar-refractivity contribution in [2.75, 3.05) is 18.0 Å². The quantitative estimate of drug-likeness (QED) is 0.508. The van der Waals surface area contributed by atoms with Gasteiger partial charge in [-0.25, -0.2) is 9.97 Å². The first-order chi connectivity index (χ1) is 15.0. The van der Waals surface area contributed by atoms with Crippen molar-refractivity contribution in [1.29, 1.82) is 0 Å². The summed E-state index contributed by atoms with van der Waals surface area (Å²) in [7, 11) is 0. The molecule has 1 atom stereocenters. The number of anilines is 1. The van der Waals surface area contributed by atoms with Crippen LogP contribution < -0.4 is 4.90 Å². The van der Waals surface area contributed by atoms with E-state index in [1.807, 2.05) is 24.4 Å². The summed E-state index contributed by atoms with van der Waals surface area (Å²) in [5.41, 5.74) is 3.16. The normalized spacial score (nSPS) is 18.7. The average molecular weight is 419 g/mol. The van der Waals surface area contributed by atoms with Crippen molar-refractivity contribution in [3.63, 3.8) is 0 Å². The van der Waals surface area contributed by atoms with Gasteiger partial charge in [-0.15, -0.1) is 0 Å². The number of aromatic amines is 1. The van der Waals surface area contributed by atoms with Crippen LogP contribution in [0.2, 0.25) is 0 Å². The van der Waals surface area contributed by atoms with Gasteiger partial charge in [0.15, 0.2) is 0 Å². The Hall–Kier alpha value is -3.55. The van der Waals surface area contributed by atoms with Crippen molar-refractivity contribution < 1.29 is 14.0 Å². The van der Waals surface area contributed by atoms with Gasteiger partial charge in [0.2, 0.25) is 12.4 Å². The van der Waals surface area contributed by atoms with Gasteiger partial charge in [0.05, 0.1) is 0 Å². The van der Waals surface area contributed by atoms with Gasteiger partial charge in [0, 0.05) is 48.5 Å². The number of hydrogen-bond acceptors (Lipinski definition) is 4. The number of rotatable bonds is 5. The van der Waals surface area contributed by atoms with E-state index in [0.717, 1.165) is 47.5 Å². The molecule has 8 heteroatoms. The molecule has 1 aliphatic heterocycles.